The topological polar surface area (TPSA) is 0 Å². The van der Waals surface area contributed by atoms with Gasteiger partial charge in [-0.3, -0.25) is 0 Å². The van der Waals surface area contributed by atoms with Crippen LogP contribution in [0.25, 0.3) is 22.3 Å². The van der Waals surface area contributed by atoms with Gasteiger partial charge in [0.2, 0.25) is 0 Å². The van der Waals surface area contributed by atoms with Crippen LogP contribution in [0.2, 0.25) is 0 Å². The Morgan fingerprint density at radius 3 is 1.71 bits per heavy atom. The molecule has 0 aromatic heterocycles. The Hall–Kier alpha value is -2.69. The van der Waals surface area contributed by atoms with Crippen LogP contribution >= 0.6 is 0 Å². The average molecular weight is 388 g/mol. The Balaban J connectivity index is 1.66. The van der Waals surface area contributed by atoms with Crippen molar-refractivity contribution < 1.29 is 22.0 Å². The molecule has 0 radical (unpaired) electrons. The molecule has 0 N–H and O–H groups in total. The van der Waals surface area contributed by atoms with Gasteiger partial charge in [0.15, 0.2) is 17.5 Å². The summed E-state index contributed by atoms with van der Waals surface area (Å²) in [6.07, 6.45) is 2.22. The van der Waals surface area contributed by atoms with E-state index in [1.54, 1.807) is 12.1 Å². The van der Waals surface area contributed by atoms with E-state index in [-0.39, 0.29) is 0 Å². The molecule has 0 nitrogen and oxygen atoms in total. The minimum absolute atomic E-state index is 0.313. The number of hydrogen-bond acceptors (Lipinski definition) is 0. The lowest BCUT2D eigenvalue weighted by atomic mass is 9.97. The molecule has 2 unspecified atom stereocenters. The van der Waals surface area contributed by atoms with Gasteiger partial charge in [-0.1, -0.05) is 31.2 Å². The van der Waals surface area contributed by atoms with Gasteiger partial charge in [0.25, 0.3) is 0 Å². The van der Waals surface area contributed by atoms with Gasteiger partial charge in [-0.25, -0.2) is 22.0 Å². The maximum absolute atomic E-state index is 14.6. The van der Waals surface area contributed by atoms with E-state index in [9.17, 15) is 22.0 Å². The van der Waals surface area contributed by atoms with E-state index in [1.165, 1.54) is 12.0 Å². The molecule has 3 aromatic carbocycles. The van der Waals surface area contributed by atoms with Crippen molar-refractivity contribution >= 4 is 0 Å². The smallest absolute Gasteiger partial charge is 0.194 e. The SMILES string of the molecule is CC1CC1Cc1ccc(-c2cc(F)c(-c3cc(F)c(F)c(F)c3)c(F)c2)cc1. The Morgan fingerprint density at radius 2 is 1.21 bits per heavy atom. The lowest BCUT2D eigenvalue weighted by molar-refractivity contribution is 0.447. The average Bonchev–Trinajstić information content (AvgIpc) is 3.34. The van der Waals surface area contributed by atoms with E-state index in [0.29, 0.717) is 29.2 Å². The van der Waals surface area contributed by atoms with E-state index in [4.69, 9.17) is 0 Å². The Labute approximate surface area is 159 Å². The molecular formula is C23H17F5. The van der Waals surface area contributed by atoms with Crippen LogP contribution in [0.1, 0.15) is 18.9 Å². The first-order valence-corrected chi connectivity index (χ1v) is 9.06. The van der Waals surface area contributed by atoms with Crippen LogP contribution in [0.4, 0.5) is 22.0 Å². The van der Waals surface area contributed by atoms with Crippen molar-refractivity contribution in [1.82, 2.24) is 0 Å². The predicted molar refractivity (Wildman–Crippen MR) is 98.1 cm³/mol. The van der Waals surface area contributed by atoms with Gasteiger partial charge in [0, 0.05) is 0 Å². The summed E-state index contributed by atoms with van der Waals surface area (Å²) in [6.45, 7) is 2.21. The highest BCUT2D eigenvalue weighted by Gasteiger charge is 2.32. The predicted octanol–water partition coefficient (Wildman–Crippen LogP) is 6.91. The molecule has 0 amide bonds. The van der Waals surface area contributed by atoms with Crippen LogP contribution in [0.5, 0.6) is 0 Å². The van der Waals surface area contributed by atoms with Crippen molar-refractivity contribution in [3.63, 3.8) is 0 Å². The molecule has 144 valence electrons. The Bertz CT molecular complexity index is 993. The normalized spacial score (nSPS) is 18.4. The standard InChI is InChI=1S/C23H17F5/c1-12-6-15(12)7-13-2-4-14(5-3-13)16-8-18(24)22(19(25)9-16)17-10-20(26)23(28)21(27)11-17/h2-5,8-12,15H,6-7H2,1H3. The van der Waals surface area contributed by atoms with Crippen LogP contribution in [0.15, 0.2) is 48.5 Å². The van der Waals surface area contributed by atoms with Crippen molar-refractivity contribution in [3.05, 3.63) is 83.2 Å². The van der Waals surface area contributed by atoms with E-state index in [2.05, 4.69) is 6.92 Å². The molecule has 0 heterocycles. The highest BCUT2D eigenvalue weighted by atomic mass is 19.2. The Kier molecular flexibility index (Phi) is 4.69. The van der Waals surface area contributed by atoms with E-state index < -0.39 is 40.2 Å². The second kappa shape index (κ2) is 7.04. The van der Waals surface area contributed by atoms with Crippen molar-refractivity contribution in [2.45, 2.75) is 19.8 Å². The fourth-order valence-corrected chi connectivity index (χ4v) is 3.53. The lowest BCUT2D eigenvalue weighted by Crippen LogP contribution is -1.97. The molecule has 4 rings (SSSR count). The third-order valence-corrected chi connectivity index (χ3v) is 5.38. The van der Waals surface area contributed by atoms with Crippen molar-refractivity contribution in [3.8, 4) is 22.3 Å². The first-order valence-electron chi connectivity index (χ1n) is 9.06. The quantitative estimate of drug-likeness (QED) is 0.336. The summed E-state index contributed by atoms with van der Waals surface area (Å²) in [7, 11) is 0. The summed E-state index contributed by atoms with van der Waals surface area (Å²) in [4.78, 5) is 0. The largest absolute Gasteiger partial charge is 0.206 e. The summed E-state index contributed by atoms with van der Waals surface area (Å²) in [5.41, 5.74) is 1.13. The van der Waals surface area contributed by atoms with Crippen LogP contribution < -0.4 is 0 Å². The summed E-state index contributed by atoms with van der Waals surface area (Å²) < 4.78 is 69.1. The van der Waals surface area contributed by atoms with Crippen LogP contribution in [0.3, 0.4) is 0 Å². The van der Waals surface area contributed by atoms with E-state index >= 15 is 0 Å². The summed E-state index contributed by atoms with van der Waals surface area (Å²) in [5, 5.41) is 0. The minimum atomic E-state index is -1.68. The van der Waals surface area contributed by atoms with Gasteiger partial charge in [0.1, 0.15) is 11.6 Å². The molecular weight excluding hydrogens is 371 g/mol. The third-order valence-electron chi connectivity index (χ3n) is 5.38. The fourth-order valence-electron chi connectivity index (χ4n) is 3.53. The molecule has 3 aromatic rings. The highest BCUT2D eigenvalue weighted by Crippen LogP contribution is 2.40. The lowest BCUT2D eigenvalue weighted by Gasteiger charge is -2.10. The molecule has 5 heteroatoms. The van der Waals surface area contributed by atoms with Crippen LogP contribution in [-0.2, 0) is 6.42 Å². The van der Waals surface area contributed by atoms with Crippen LogP contribution in [0, 0.1) is 40.9 Å². The Morgan fingerprint density at radius 1 is 0.714 bits per heavy atom. The first-order chi connectivity index (χ1) is 13.3. The van der Waals surface area contributed by atoms with E-state index in [0.717, 1.165) is 24.5 Å². The molecule has 1 aliphatic carbocycles. The summed E-state index contributed by atoms with van der Waals surface area (Å²) in [6, 6.07) is 10.8. The van der Waals surface area contributed by atoms with Crippen molar-refractivity contribution in [2.24, 2.45) is 11.8 Å². The molecule has 0 bridgehead atoms. The summed E-state index contributed by atoms with van der Waals surface area (Å²) in [5.74, 6) is -5.18. The molecule has 0 spiro atoms. The zero-order chi connectivity index (χ0) is 20.0. The number of halogens is 5. The third kappa shape index (κ3) is 3.53. The van der Waals surface area contributed by atoms with Gasteiger partial charge in [-0.2, -0.15) is 0 Å². The van der Waals surface area contributed by atoms with Gasteiger partial charge in [0.05, 0.1) is 5.56 Å². The van der Waals surface area contributed by atoms with Crippen molar-refractivity contribution in [1.29, 1.82) is 0 Å². The van der Waals surface area contributed by atoms with Crippen molar-refractivity contribution in [2.75, 3.05) is 0 Å². The van der Waals surface area contributed by atoms with Gasteiger partial charge < -0.3 is 0 Å². The molecule has 0 saturated heterocycles. The maximum Gasteiger partial charge on any atom is 0.194 e. The monoisotopic (exact) mass is 388 g/mol. The van der Waals surface area contributed by atoms with Gasteiger partial charge in [-0.15, -0.1) is 0 Å². The molecule has 1 saturated carbocycles. The highest BCUT2D eigenvalue weighted by molar-refractivity contribution is 5.72. The zero-order valence-corrected chi connectivity index (χ0v) is 15.1. The minimum Gasteiger partial charge on any atom is -0.206 e. The number of benzene rings is 3. The second-order valence-electron chi connectivity index (χ2n) is 7.44. The van der Waals surface area contributed by atoms with E-state index in [1.807, 2.05) is 12.1 Å². The van der Waals surface area contributed by atoms with Crippen LogP contribution in [-0.4, -0.2) is 0 Å². The summed E-state index contributed by atoms with van der Waals surface area (Å²) >= 11 is 0. The molecule has 2 atom stereocenters. The first kappa shape index (κ1) is 18.7. The second-order valence-corrected chi connectivity index (χ2v) is 7.44. The maximum atomic E-state index is 14.6. The number of rotatable bonds is 4. The molecule has 0 aliphatic heterocycles. The molecule has 28 heavy (non-hydrogen) atoms. The fraction of sp³-hybridized carbons (Fsp3) is 0.217. The van der Waals surface area contributed by atoms with Gasteiger partial charge in [-0.05, 0) is 71.2 Å². The number of hydrogen-bond donors (Lipinski definition) is 0. The zero-order valence-electron chi connectivity index (χ0n) is 15.1. The van der Waals surface area contributed by atoms with Gasteiger partial charge >= 0.3 is 0 Å². The molecule has 1 aliphatic rings. The molecule has 1 fully saturated rings.